The fourth-order valence-electron chi connectivity index (χ4n) is 2.69. The van der Waals surface area contributed by atoms with E-state index in [-0.39, 0.29) is 0 Å². The van der Waals surface area contributed by atoms with Gasteiger partial charge in [-0.2, -0.15) is 0 Å². The summed E-state index contributed by atoms with van der Waals surface area (Å²) < 4.78 is 5.31. The van der Waals surface area contributed by atoms with Gasteiger partial charge in [0.05, 0.1) is 7.11 Å². The van der Waals surface area contributed by atoms with Gasteiger partial charge in [-0.3, -0.25) is 0 Å². The van der Waals surface area contributed by atoms with Crippen LogP contribution in [0.2, 0.25) is 0 Å². The molecule has 0 saturated heterocycles. The van der Waals surface area contributed by atoms with Crippen LogP contribution in [0.3, 0.4) is 0 Å². The lowest BCUT2D eigenvalue weighted by Gasteiger charge is -2.25. The van der Waals surface area contributed by atoms with Crippen LogP contribution in [0.1, 0.15) is 31.4 Å². The Balaban J connectivity index is 1.92. The molecule has 1 aliphatic rings. The van der Waals surface area contributed by atoms with E-state index in [4.69, 9.17) is 4.74 Å². The molecule has 1 aliphatic carbocycles. The van der Waals surface area contributed by atoms with Crippen molar-refractivity contribution in [2.24, 2.45) is 11.8 Å². The normalized spacial score (nSPS) is 18.8. The predicted octanol–water partition coefficient (Wildman–Crippen LogP) is 3.05. The molecule has 0 aliphatic heterocycles. The molecule has 100 valence electrons. The lowest BCUT2D eigenvalue weighted by Crippen LogP contribution is -2.29. The Kier molecular flexibility index (Phi) is 4.65. The Hall–Kier alpha value is -1.02. The van der Waals surface area contributed by atoms with Crippen molar-refractivity contribution in [2.75, 3.05) is 20.2 Å². The summed E-state index contributed by atoms with van der Waals surface area (Å²) in [6.07, 6.45) is 3.72. The van der Waals surface area contributed by atoms with Crippen molar-refractivity contribution in [1.82, 2.24) is 5.32 Å². The molecule has 1 aromatic rings. The van der Waals surface area contributed by atoms with Crippen LogP contribution in [0.4, 0.5) is 0 Å². The Morgan fingerprint density at radius 2 is 2.17 bits per heavy atom. The maximum Gasteiger partial charge on any atom is 0.119 e. The SMILES string of the molecule is COc1ccc2c(c1)CC(CNCC(C)C)CC2. The molecule has 1 N–H and O–H groups in total. The molecule has 0 spiro atoms. The first-order chi connectivity index (χ1) is 8.69. The van der Waals surface area contributed by atoms with Crippen LogP contribution in [0.15, 0.2) is 18.2 Å². The smallest absolute Gasteiger partial charge is 0.119 e. The summed E-state index contributed by atoms with van der Waals surface area (Å²) in [6.45, 7) is 6.79. The Labute approximate surface area is 111 Å². The predicted molar refractivity (Wildman–Crippen MR) is 76.2 cm³/mol. The number of hydrogen-bond acceptors (Lipinski definition) is 2. The van der Waals surface area contributed by atoms with Crippen LogP contribution < -0.4 is 10.1 Å². The van der Waals surface area contributed by atoms with Crippen molar-refractivity contribution in [2.45, 2.75) is 33.1 Å². The van der Waals surface area contributed by atoms with Crippen LogP contribution in [-0.2, 0) is 12.8 Å². The van der Waals surface area contributed by atoms with E-state index < -0.39 is 0 Å². The highest BCUT2D eigenvalue weighted by Gasteiger charge is 2.18. The van der Waals surface area contributed by atoms with E-state index in [1.54, 1.807) is 7.11 Å². The molecule has 2 nitrogen and oxygen atoms in total. The zero-order valence-electron chi connectivity index (χ0n) is 11.8. The molecule has 1 aromatic carbocycles. The van der Waals surface area contributed by atoms with Gasteiger partial charge in [-0.05, 0) is 67.4 Å². The molecular formula is C16H25NO. The van der Waals surface area contributed by atoms with Gasteiger partial charge in [0.25, 0.3) is 0 Å². The average molecular weight is 247 g/mol. The van der Waals surface area contributed by atoms with Gasteiger partial charge >= 0.3 is 0 Å². The second kappa shape index (κ2) is 6.24. The second-order valence-electron chi connectivity index (χ2n) is 5.80. The molecule has 0 bridgehead atoms. The number of methoxy groups -OCH3 is 1. The molecule has 0 radical (unpaired) electrons. The van der Waals surface area contributed by atoms with Crippen LogP contribution in [0, 0.1) is 11.8 Å². The quantitative estimate of drug-likeness (QED) is 0.863. The minimum atomic E-state index is 0.737. The van der Waals surface area contributed by atoms with Crippen molar-refractivity contribution in [3.63, 3.8) is 0 Å². The molecular weight excluding hydrogens is 222 g/mol. The number of aryl methyl sites for hydroxylation is 1. The number of ether oxygens (including phenoxy) is 1. The average Bonchev–Trinajstić information content (AvgIpc) is 2.37. The maximum absolute atomic E-state index is 5.31. The summed E-state index contributed by atoms with van der Waals surface area (Å²) in [7, 11) is 1.74. The first kappa shape index (κ1) is 13.4. The van der Waals surface area contributed by atoms with Crippen molar-refractivity contribution in [1.29, 1.82) is 0 Å². The summed E-state index contributed by atoms with van der Waals surface area (Å²) in [5, 5.41) is 3.58. The Bertz CT molecular complexity index is 387. The highest BCUT2D eigenvalue weighted by atomic mass is 16.5. The van der Waals surface area contributed by atoms with E-state index in [1.165, 1.54) is 30.4 Å². The number of fused-ring (bicyclic) bond motifs is 1. The van der Waals surface area contributed by atoms with Crippen LogP contribution in [0.25, 0.3) is 0 Å². The van der Waals surface area contributed by atoms with Gasteiger partial charge in [0.1, 0.15) is 5.75 Å². The molecule has 2 rings (SSSR count). The molecule has 1 unspecified atom stereocenters. The maximum atomic E-state index is 5.31. The number of rotatable bonds is 5. The topological polar surface area (TPSA) is 21.3 Å². The van der Waals surface area contributed by atoms with Crippen molar-refractivity contribution in [3.8, 4) is 5.75 Å². The Morgan fingerprint density at radius 3 is 2.89 bits per heavy atom. The van der Waals surface area contributed by atoms with Crippen LogP contribution in [-0.4, -0.2) is 20.2 Å². The molecule has 1 atom stereocenters. The molecule has 0 aromatic heterocycles. The van der Waals surface area contributed by atoms with Gasteiger partial charge in [0, 0.05) is 0 Å². The molecule has 2 heteroatoms. The van der Waals surface area contributed by atoms with Gasteiger partial charge in [0.2, 0.25) is 0 Å². The van der Waals surface area contributed by atoms with E-state index in [2.05, 4.69) is 37.4 Å². The minimum absolute atomic E-state index is 0.737. The van der Waals surface area contributed by atoms with E-state index in [0.717, 1.165) is 30.7 Å². The summed E-state index contributed by atoms with van der Waals surface area (Å²) in [5.41, 5.74) is 2.99. The van der Waals surface area contributed by atoms with Gasteiger partial charge in [-0.15, -0.1) is 0 Å². The standard InChI is InChI=1S/C16H25NO/c1-12(2)10-17-11-13-4-5-14-6-7-16(18-3)9-15(14)8-13/h6-7,9,12-13,17H,4-5,8,10-11H2,1-3H3. The first-order valence-corrected chi connectivity index (χ1v) is 7.05. The third-order valence-electron chi connectivity index (χ3n) is 3.73. The molecule has 0 fully saturated rings. The first-order valence-electron chi connectivity index (χ1n) is 7.05. The molecule has 18 heavy (non-hydrogen) atoms. The fraction of sp³-hybridized carbons (Fsp3) is 0.625. The highest BCUT2D eigenvalue weighted by molar-refractivity contribution is 5.37. The van der Waals surface area contributed by atoms with Crippen LogP contribution in [0.5, 0.6) is 5.75 Å². The van der Waals surface area contributed by atoms with E-state index in [9.17, 15) is 0 Å². The van der Waals surface area contributed by atoms with Gasteiger partial charge < -0.3 is 10.1 Å². The Morgan fingerprint density at radius 1 is 1.33 bits per heavy atom. The van der Waals surface area contributed by atoms with Crippen molar-refractivity contribution in [3.05, 3.63) is 29.3 Å². The van der Waals surface area contributed by atoms with Crippen molar-refractivity contribution >= 4 is 0 Å². The van der Waals surface area contributed by atoms with E-state index in [0.29, 0.717) is 0 Å². The fourth-order valence-corrected chi connectivity index (χ4v) is 2.69. The molecule has 0 saturated carbocycles. The lowest BCUT2D eigenvalue weighted by atomic mass is 9.83. The summed E-state index contributed by atoms with van der Waals surface area (Å²) in [6, 6.07) is 6.52. The number of hydrogen-bond donors (Lipinski definition) is 1. The van der Waals surface area contributed by atoms with E-state index in [1.807, 2.05) is 0 Å². The van der Waals surface area contributed by atoms with Crippen LogP contribution >= 0.6 is 0 Å². The van der Waals surface area contributed by atoms with Gasteiger partial charge in [0.15, 0.2) is 0 Å². The van der Waals surface area contributed by atoms with Crippen molar-refractivity contribution < 1.29 is 4.74 Å². The number of benzene rings is 1. The molecule has 0 heterocycles. The van der Waals surface area contributed by atoms with Gasteiger partial charge in [-0.1, -0.05) is 19.9 Å². The summed E-state index contributed by atoms with van der Waals surface area (Å²) in [4.78, 5) is 0. The number of nitrogens with one attached hydrogen (secondary N) is 1. The molecule has 0 amide bonds. The van der Waals surface area contributed by atoms with Gasteiger partial charge in [-0.25, -0.2) is 0 Å². The largest absolute Gasteiger partial charge is 0.497 e. The zero-order valence-corrected chi connectivity index (χ0v) is 11.8. The monoisotopic (exact) mass is 247 g/mol. The summed E-state index contributed by atoms with van der Waals surface area (Å²) in [5.74, 6) is 2.51. The lowest BCUT2D eigenvalue weighted by molar-refractivity contribution is 0.400. The second-order valence-corrected chi connectivity index (χ2v) is 5.80. The van der Waals surface area contributed by atoms with E-state index >= 15 is 0 Å². The minimum Gasteiger partial charge on any atom is -0.497 e. The third-order valence-corrected chi connectivity index (χ3v) is 3.73. The third kappa shape index (κ3) is 3.49. The zero-order chi connectivity index (χ0) is 13.0. The highest BCUT2D eigenvalue weighted by Crippen LogP contribution is 2.28. The summed E-state index contributed by atoms with van der Waals surface area (Å²) >= 11 is 0.